The molecule has 0 radical (unpaired) electrons. The summed E-state index contributed by atoms with van der Waals surface area (Å²) in [7, 11) is 0. The van der Waals surface area contributed by atoms with Crippen molar-refractivity contribution in [1.82, 2.24) is 4.90 Å². The van der Waals surface area contributed by atoms with Gasteiger partial charge in [0.2, 0.25) is 0 Å². The third-order valence-electron chi connectivity index (χ3n) is 7.34. The van der Waals surface area contributed by atoms with E-state index in [9.17, 15) is 9.90 Å². The molecule has 6 nitrogen and oxygen atoms in total. The molecule has 0 spiro atoms. The average Bonchev–Trinajstić information content (AvgIpc) is 3.64. The molecule has 1 aliphatic heterocycles. The van der Waals surface area contributed by atoms with Gasteiger partial charge in [0.25, 0.3) is 5.91 Å². The van der Waals surface area contributed by atoms with Crippen LogP contribution in [0.25, 0.3) is 17.4 Å². The summed E-state index contributed by atoms with van der Waals surface area (Å²) < 4.78 is 12.4. The molecule has 2 N–H and O–H groups in total. The van der Waals surface area contributed by atoms with Crippen LogP contribution in [0.2, 0.25) is 5.02 Å². The summed E-state index contributed by atoms with van der Waals surface area (Å²) in [6.07, 6.45) is 7.07. The summed E-state index contributed by atoms with van der Waals surface area (Å²) in [5.74, 6) is 2.63. The molecule has 1 amide bonds. The average molecular weight is 548 g/mol. The molecule has 4 atom stereocenters. The SMILES string of the molecule is O=C1C(=Cc2oc(-c3ccc(Cl)cc3)cc2CCCOC[C@@H](O)CO)SC(=S)N1C1CC2CCC1C2. The Morgan fingerprint density at radius 1 is 1.28 bits per heavy atom. The van der Waals surface area contributed by atoms with Crippen LogP contribution in [0.5, 0.6) is 0 Å². The van der Waals surface area contributed by atoms with Gasteiger partial charge in [0.1, 0.15) is 21.9 Å². The highest BCUT2D eigenvalue weighted by molar-refractivity contribution is 8.26. The first-order chi connectivity index (χ1) is 17.4. The molecular formula is C27H30ClNO5S2. The Labute approximate surface area is 225 Å². The summed E-state index contributed by atoms with van der Waals surface area (Å²) >= 11 is 13.1. The van der Waals surface area contributed by atoms with E-state index in [2.05, 4.69) is 0 Å². The number of carbonyl (C=O) groups is 1. The number of rotatable bonds is 10. The zero-order chi connectivity index (χ0) is 25.2. The normalized spacial score (nSPS) is 25.5. The fourth-order valence-electron chi connectivity index (χ4n) is 5.57. The Morgan fingerprint density at radius 3 is 2.78 bits per heavy atom. The number of nitrogens with zero attached hydrogens (tertiary/aromatic N) is 1. The second kappa shape index (κ2) is 11.4. The van der Waals surface area contributed by atoms with Gasteiger partial charge in [0, 0.05) is 29.3 Å². The zero-order valence-electron chi connectivity index (χ0n) is 19.9. The smallest absolute Gasteiger partial charge is 0.266 e. The van der Waals surface area contributed by atoms with Crippen molar-refractivity contribution in [2.45, 2.75) is 50.7 Å². The minimum Gasteiger partial charge on any atom is -0.456 e. The number of hydrogen-bond acceptors (Lipinski definition) is 7. The molecule has 3 aliphatic rings. The van der Waals surface area contributed by atoms with Crippen LogP contribution in [-0.4, -0.2) is 57.3 Å². The minimum atomic E-state index is -0.872. The fourth-order valence-corrected chi connectivity index (χ4v) is 7.04. The Balaban J connectivity index is 1.35. The Kier molecular flexibility index (Phi) is 8.20. The van der Waals surface area contributed by atoms with Crippen LogP contribution < -0.4 is 0 Å². The van der Waals surface area contributed by atoms with E-state index in [1.165, 1.54) is 31.0 Å². The van der Waals surface area contributed by atoms with Crippen LogP contribution >= 0.6 is 35.6 Å². The van der Waals surface area contributed by atoms with Gasteiger partial charge in [0.15, 0.2) is 0 Å². The number of fused-ring (bicyclic) bond motifs is 2. The lowest BCUT2D eigenvalue weighted by molar-refractivity contribution is -0.124. The van der Waals surface area contributed by atoms with Crippen LogP contribution in [0, 0.1) is 11.8 Å². The van der Waals surface area contributed by atoms with E-state index in [-0.39, 0.29) is 25.2 Å². The van der Waals surface area contributed by atoms with Crippen LogP contribution in [0.1, 0.15) is 43.4 Å². The molecule has 2 saturated carbocycles. The lowest BCUT2D eigenvalue weighted by Crippen LogP contribution is -2.41. The lowest BCUT2D eigenvalue weighted by atomic mass is 9.94. The number of furan rings is 1. The van der Waals surface area contributed by atoms with Gasteiger partial charge in [0.05, 0.1) is 18.1 Å². The highest BCUT2D eigenvalue weighted by Gasteiger charge is 2.48. The van der Waals surface area contributed by atoms with Crippen molar-refractivity contribution >= 4 is 51.9 Å². The molecule has 5 rings (SSSR count). The second-order valence-corrected chi connectivity index (χ2v) is 11.9. The maximum Gasteiger partial charge on any atom is 0.266 e. The minimum absolute atomic E-state index is 0.0146. The predicted molar refractivity (Wildman–Crippen MR) is 146 cm³/mol. The number of ether oxygens (including phenoxy) is 1. The first-order valence-electron chi connectivity index (χ1n) is 12.4. The quantitative estimate of drug-likeness (QED) is 0.237. The van der Waals surface area contributed by atoms with Gasteiger partial charge in [-0.25, -0.2) is 0 Å². The van der Waals surface area contributed by atoms with Crippen LogP contribution in [-0.2, 0) is 16.0 Å². The van der Waals surface area contributed by atoms with Gasteiger partial charge < -0.3 is 19.4 Å². The summed E-state index contributed by atoms with van der Waals surface area (Å²) in [6, 6.07) is 9.67. The second-order valence-electron chi connectivity index (χ2n) is 9.82. The molecule has 1 saturated heterocycles. The number of benzene rings is 1. The topological polar surface area (TPSA) is 83.1 Å². The molecule has 9 heteroatoms. The number of amides is 1. The summed E-state index contributed by atoms with van der Waals surface area (Å²) in [6.45, 7) is 0.206. The van der Waals surface area contributed by atoms with Crippen molar-refractivity contribution in [2.24, 2.45) is 11.8 Å². The molecule has 1 aromatic heterocycles. The molecule has 192 valence electrons. The van der Waals surface area contributed by atoms with E-state index in [1.54, 1.807) is 0 Å². The summed E-state index contributed by atoms with van der Waals surface area (Å²) in [5.41, 5.74) is 1.87. The highest BCUT2D eigenvalue weighted by atomic mass is 35.5. The highest BCUT2D eigenvalue weighted by Crippen LogP contribution is 2.49. The van der Waals surface area contributed by atoms with Crippen molar-refractivity contribution in [2.75, 3.05) is 19.8 Å². The van der Waals surface area contributed by atoms with Gasteiger partial charge in [-0.3, -0.25) is 9.69 Å². The molecule has 3 unspecified atom stereocenters. The molecule has 2 aromatic rings. The van der Waals surface area contributed by atoms with Crippen molar-refractivity contribution in [3.05, 3.63) is 51.6 Å². The van der Waals surface area contributed by atoms with Crippen LogP contribution in [0.15, 0.2) is 39.7 Å². The molecule has 3 fully saturated rings. The Bertz CT molecular complexity index is 1150. The number of thioether (sulfide) groups is 1. The predicted octanol–water partition coefficient (Wildman–Crippen LogP) is 5.29. The number of thiocarbonyl (C=S) groups is 1. The number of aryl methyl sites for hydroxylation is 1. The molecule has 36 heavy (non-hydrogen) atoms. The van der Waals surface area contributed by atoms with E-state index in [4.69, 9.17) is 38.1 Å². The number of halogens is 1. The number of carbonyl (C=O) groups excluding carboxylic acids is 1. The van der Waals surface area contributed by atoms with Gasteiger partial charge in [-0.2, -0.15) is 0 Å². The first-order valence-corrected chi connectivity index (χ1v) is 14.1. The molecule has 2 heterocycles. The largest absolute Gasteiger partial charge is 0.456 e. The standard InChI is InChI=1S/C27H30ClNO5S2/c28-20-7-5-17(6-8-20)23-12-19(2-1-9-33-15-21(31)14-30)24(34-23)13-25-26(32)29(27(35)36-25)22-11-16-3-4-18(22)10-16/h5-8,12-13,16,18,21-22,30-31H,1-4,9-11,14-15H2/t16?,18?,21-,22?/m0/s1. The van der Waals surface area contributed by atoms with Crippen molar-refractivity contribution in [3.63, 3.8) is 0 Å². The third-order valence-corrected chi connectivity index (χ3v) is 8.93. The van der Waals surface area contributed by atoms with Crippen molar-refractivity contribution < 1.29 is 24.2 Å². The van der Waals surface area contributed by atoms with Crippen molar-refractivity contribution in [3.8, 4) is 11.3 Å². The molecule has 2 aliphatic carbocycles. The fraction of sp³-hybridized carbons (Fsp3) is 0.481. The number of hydrogen-bond donors (Lipinski definition) is 2. The number of aliphatic hydroxyl groups is 2. The molecular weight excluding hydrogens is 518 g/mol. The number of aliphatic hydroxyl groups excluding tert-OH is 2. The Morgan fingerprint density at radius 2 is 2.08 bits per heavy atom. The molecule has 1 aromatic carbocycles. The monoisotopic (exact) mass is 547 g/mol. The van der Waals surface area contributed by atoms with Gasteiger partial charge >= 0.3 is 0 Å². The van der Waals surface area contributed by atoms with Gasteiger partial charge in [-0.05, 0) is 79.8 Å². The van der Waals surface area contributed by atoms with Crippen molar-refractivity contribution in [1.29, 1.82) is 0 Å². The van der Waals surface area contributed by atoms with Crippen LogP contribution in [0.4, 0.5) is 0 Å². The lowest BCUT2D eigenvalue weighted by Gasteiger charge is -2.30. The van der Waals surface area contributed by atoms with Gasteiger partial charge in [-0.1, -0.05) is 42.0 Å². The summed E-state index contributed by atoms with van der Waals surface area (Å²) in [4.78, 5) is 15.9. The maximum atomic E-state index is 13.4. The van der Waals surface area contributed by atoms with E-state index >= 15 is 0 Å². The Hall–Kier alpha value is -1.68. The van der Waals surface area contributed by atoms with E-state index in [0.717, 1.165) is 23.5 Å². The van der Waals surface area contributed by atoms with Crippen LogP contribution in [0.3, 0.4) is 0 Å². The van der Waals surface area contributed by atoms with E-state index in [1.807, 2.05) is 41.3 Å². The van der Waals surface area contributed by atoms with Gasteiger partial charge in [-0.15, -0.1) is 0 Å². The third kappa shape index (κ3) is 5.59. The van der Waals surface area contributed by atoms with E-state index < -0.39 is 6.10 Å². The molecule has 2 bridgehead atoms. The first kappa shape index (κ1) is 25.9. The summed E-state index contributed by atoms with van der Waals surface area (Å²) in [5, 5.41) is 19.0. The van der Waals surface area contributed by atoms with E-state index in [0.29, 0.717) is 51.1 Å². The maximum absolute atomic E-state index is 13.4. The zero-order valence-corrected chi connectivity index (χ0v) is 22.3.